The maximum Gasteiger partial charge on any atom is 0.129 e. The first kappa shape index (κ1) is 8.80. The molecule has 1 aromatic heterocycles. The number of hydrogen-bond donors (Lipinski definition) is 1. The van der Waals surface area contributed by atoms with Crippen molar-refractivity contribution < 1.29 is 9.63 Å². The third kappa shape index (κ3) is 1.28. The molecule has 1 N–H and O–H groups in total. The van der Waals surface area contributed by atoms with Crippen molar-refractivity contribution in [2.75, 3.05) is 0 Å². The first-order chi connectivity index (χ1) is 6.76. The second-order valence-electron chi connectivity index (χ2n) is 4.31. The van der Waals surface area contributed by atoms with E-state index in [0.717, 1.165) is 18.4 Å². The average Bonchev–Trinajstić information content (AvgIpc) is 2.75. The van der Waals surface area contributed by atoms with Crippen molar-refractivity contribution >= 4 is 11.8 Å². The summed E-state index contributed by atoms with van der Waals surface area (Å²) in [6.07, 6.45) is 7.45. The molecule has 2 atom stereocenters. The van der Waals surface area contributed by atoms with Gasteiger partial charge >= 0.3 is 0 Å². The zero-order valence-corrected chi connectivity index (χ0v) is 8.67. The Labute approximate surface area is 86.9 Å². The van der Waals surface area contributed by atoms with E-state index in [0.29, 0.717) is 10.5 Å². The third-order valence-electron chi connectivity index (χ3n) is 3.30. The predicted molar refractivity (Wildman–Crippen MR) is 54.0 cm³/mol. The van der Waals surface area contributed by atoms with Crippen LogP contribution in [0.2, 0.25) is 0 Å². The number of thioether (sulfide) groups is 1. The van der Waals surface area contributed by atoms with Crippen LogP contribution >= 0.6 is 11.8 Å². The summed E-state index contributed by atoms with van der Waals surface area (Å²) in [6, 6.07) is 0. The van der Waals surface area contributed by atoms with Gasteiger partial charge in [0.2, 0.25) is 0 Å². The first-order valence-electron chi connectivity index (χ1n) is 5.04. The topological polar surface area (TPSA) is 46.3 Å². The molecule has 76 valence electrons. The van der Waals surface area contributed by atoms with Crippen LogP contribution in [-0.2, 0) is 5.60 Å². The van der Waals surface area contributed by atoms with E-state index in [2.05, 4.69) is 5.16 Å². The molecule has 0 radical (unpaired) electrons. The van der Waals surface area contributed by atoms with E-state index in [1.54, 1.807) is 12.5 Å². The molecule has 3 heterocycles. The fourth-order valence-electron chi connectivity index (χ4n) is 2.59. The highest BCUT2D eigenvalue weighted by Crippen LogP contribution is 2.50. The number of aliphatic hydroxyl groups is 1. The van der Waals surface area contributed by atoms with Crippen LogP contribution in [-0.4, -0.2) is 20.8 Å². The average molecular weight is 211 g/mol. The van der Waals surface area contributed by atoms with Gasteiger partial charge in [0.25, 0.3) is 0 Å². The van der Waals surface area contributed by atoms with Crippen molar-refractivity contribution in [3.63, 3.8) is 0 Å². The summed E-state index contributed by atoms with van der Waals surface area (Å²) in [6.45, 7) is 0. The number of aromatic nitrogens is 1. The Morgan fingerprint density at radius 2 is 2.14 bits per heavy atom. The maximum absolute atomic E-state index is 10.5. The Kier molecular flexibility index (Phi) is 1.89. The van der Waals surface area contributed by atoms with E-state index in [-0.39, 0.29) is 0 Å². The molecule has 2 saturated heterocycles. The van der Waals surface area contributed by atoms with E-state index < -0.39 is 5.60 Å². The minimum atomic E-state index is -0.670. The smallest absolute Gasteiger partial charge is 0.129 e. The van der Waals surface area contributed by atoms with Crippen LogP contribution in [0.25, 0.3) is 0 Å². The highest BCUT2D eigenvalue weighted by atomic mass is 32.2. The fourth-order valence-corrected chi connectivity index (χ4v) is 4.42. The highest BCUT2D eigenvalue weighted by molar-refractivity contribution is 8.00. The van der Waals surface area contributed by atoms with E-state index >= 15 is 0 Å². The summed E-state index contributed by atoms with van der Waals surface area (Å²) >= 11 is 2.04. The van der Waals surface area contributed by atoms with Crippen LogP contribution in [0.5, 0.6) is 0 Å². The molecule has 2 fully saturated rings. The standard InChI is InChI=1S/C10H13NO2S/c12-10(7-5-11-13-6-7)3-8-1-2-9(4-10)14-8/h5-6,8-9,12H,1-4H2. The molecular formula is C10H13NO2S. The van der Waals surface area contributed by atoms with Gasteiger partial charge in [-0.2, -0.15) is 11.8 Å². The van der Waals surface area contributed by atoms with Gasteiger partial charge in [-0.15, -0.1) is 0 Å². The number of nitrogens with zero attached hydrogens (tertiary/aromatic N) is 1. The second-order valence-corrected chi connectivity index (χ2v) is 5.92. The molecule has 0 aliphatic carbocycles. The number of rotatable bonds is 1. The van der Waals surface area contributed by atoms with E-state index in [9.17, 15) is 5.11 Å². The molecule has 0 amide bonds. The van der Waals surface area contributed by atoms with Crippen LogP contribution in [0.4, 0.5) is 0 Å². The third-order valence-corrected chi connectivity index (χ3v) is 4.87. The molecule has 14 heavy (non-hydrogen) atoms. The summed E-state index contributed by atoms with van der Waals surface area (Å²) in [5.41, 5.74) is 0.187. The zero-order chi connectivity index (χ0) is 9.60. The molecule has 2 aliphatic rings. The Hall–Kier alpha value is -0.480. The van der Waals surface area contributed by atoms with Crippen molar-refractivity contribution in [2.45, 2.75) is 41.8 Å². The van der Waals surface area contributed by atoms with Crippen LogP contribution in [0.3, 0.4) is 0 Å². The number of fused-ring (bicyclic) bond motifs is 2. The Balaban J connectivity index is 1.90. The van der Waals surface area contributed by atoms with E-state index in [4.69, 9.17) is 4.52 Å². The van der Waals surface area contributed by atoms with Gasteiger partial charge in [-0.1, -0.05) is 5.16 Å². The normalized spacial score (nSPS) is 41.5. The quantitative estimate of drug-likeness (QED) is 0.771. The Bertz CT molecular complexity index is 313. The monoisotopic (exact) mass is 211 g/mol. The first-order valence-corrected chi connectivity index (χ1v) is 5.98. The predicted octanol–water partition coefficient (Wildman–Crippen LogP) is 1.92. The van der Waals surface area contributed by atoms with Gasteiger partial charge in [-0.25, -0.2) is 0 Å². The van der Waals surface area contributed by atoms with Gasteiger partial charge in [-0.3, -0.25) is 0 Å². The molecule has 2 bridgehead atoms. The van der Waals surface area contributed by atoms with Gasteiger partial charge in [0.05, 0.1) is 11.8 Å². The Morgan fingerprint density at radius 3 is 2.71 bits per heavy atom. The van der Waals surface area contributed by atoms with Crippen molar-refractivity contribution in [3.05, 3.63) is 18.0 Å². The lowest BCUT2D eigenvalue weighted by Gasteiger charge is -2.34. The summed E-state index contributed by atoms with van der Waals surface area (Å²) in [5, 5.41) is 15.4. The maximum atomic E-state index is 10.5. The molecule has 4 heteroatoms. The molecule has 0 aromatic carbocycles. The lowest BCUT2D eigenvalue weighted by Crippen LogP contribution is -2.34. The molecule has 0 saturated carbocycles. The van der Waals surface area contributed by atoms with Gasteiger partial charge in [0, 0.05) is 16.1 Å². The molecular weight excluding hydrogens is 198 g/mol. The van der Waals surface area contributed by atoms with Gasteiger partial charge in [0.1, 0.15) is 6.26 Å². The van der Waals surface area contributed by atoms with Crippen LogP contribution in [0, 0.1) is 0 Å². The largest absolute Gasteiger partial charge is 0.385 e. The summed E-state index contributed by atoms with van der Waals surface area (Å²) in [7, 11) is 0. The van der Waals surface area contributed by atoms with E-state index in [1.807, 2.05) is 11.8 Å². The minimum Gasteiger partial charge on any atom is -0.385 e. The lowest BCUT2D eigenvalue weighted by molar-refractivity contribution is 0.0191. The van der Waals surface area contributed by atoms with Crippen LogP contribution in [0.15, 0.2) is 17.0 Å². The Morgan fingerprint density at radius 1 is 1.43 bits per heavy atom. The van der Waals surface area contributed by atoms with Crippen molar-refractivity contribution in [1.29, 1.82) is 0 Å². The zero-order valence-electron chi connectivity index (χ0n) is 7.85. The molecule has 3 rings (SSSR count). The lowest BCUT2D eigenvalue weighted by atomic mass is 9.88. The van der Waals surface area contributed by atoms with Gasteiger partial charge < -0.3 is 9.63 Å². The van der Waals surface area contributed by atoms with E-state index in [1.165, 1.54) is 12.8 Å². The summed E-state index contributed by atoms with van der Waals surface area (Å²) < 4.78 is 4.81. The SMILES string of the molecule is OC1(c2cnoc2)CC2CCC(C1)S2. The molecule has 1 aromatic rings. The van der Waals surface area contributed by atoms with Gasteiger partial charge in [0.15, 0.2) is 0 Å². The fraction of sp³-hybridized carbons (Fsp3) is 0.700. The van der Waals surface area contributed by atoms with Crippen molar-refractivity contribution in [2.24, 2.45) is 0 Å². The van der Waals surface area contributed by atoms with Crippen molar-refractivity contribution in [3.8, 4) is 0 Å². The second kappa shape index (κ2) is 3.00. The van der Waals surface area contributed by atoms with Crippen molar-refractivity contribution in [1.82, 2.24) is 5.16 Å². The minimum absolute atomic E-state index is 0.633. The van der Waals surface area contributed by atoms with Gasteiger partial charge in [-0.05, 0) is 25.7 Å². The number of hydrogen-bond acceptors (Lipinski definition) is 4. The molecule has 0 spiro atoms. The highest BCUT2D eigenvalue weighted by Gasteiger charge is 2.44. The summed E-state index contributed by atoms with van der Waals surface area (Å²) in [4.78, 5) is 0. The molecule has 3 nitrogen and oxygen atoms in total. The summed E-state index contributed by atoms with van der Waals surface area (Å²) in [5.74, 6) is 0. The molecule has 2 unspecified atom stereocenters. The van der Waals surface area contributed by atoms with Crippen LogP contribution in [0.1, 0.15) is 31.2 Å². The van der Waals surface area contributed by atoms with Crippen LogP contribution < -0.4 is 0 Å². The molecule has 2 aliphatic heterocycles.